The van der Waals surface area contributed by atoms with Crippen LogP contribution in [0.4, 0.5) is 0 Å². The monoisotopic (exact) mass is 280 g/mol. The van der Waals surface area contributed by atoms with Crippen molar-refractivity contribution in [3.8, 4) is 11.9 Å². The molecule has 104 valence electrons. The Kier molecular flexibility index (Phi) is 3.03. The van der Waals surface area contributed by atoms with Gasteiger partial charge in [0.25, 0.3) is 5.56 Å². The summed E-state index contributed by atoms with van der Waals surface area (Å²) < 4.78 is 5.22. The van der Waals surface area contributed by atoms with E-state index < -0.39 is 11.8 Å². The van der Waals surface area contributed by atoms with Gasteiger partial charge in [0.15, 0.2) is 0 Å². The van der Waals surface area contributed by atoms with Crippen molar-refractivity contribution >= 4 is 5.90 Å². The number of hydrogen-bond acceptors (Lipinski definition) is 5. The summed E-state index contributed by atoms with van der Waals surface area (Å²) in [5.74, 6) is -1.48. The molecule has 0 radical (unpaired) electrons. The molecular weight excluding hydrogens is 268 g/mol. The van der Waals surface area contributed by atoms with Crippen LogP contribution >= 0.6 is 0 Å². The van der Waals surface area contributed by atoms with Crippen molar-refractivity contribution in [2.24, 2.45) is 5.92 Å². The second kappa shape index (κ2) is 4.87. The molecule has 0 amide bonds. The summed E-state index contributed by atoms with van der Waals surface area (Å²) in [5, 5.41) is 17.2. The summed E-state index contributed by atoms with van der Waals surface area (Å²) in [6, 6.07) is 9.60. The topological polar surface area (TPSA) is 103 Å². The molecule has 0 fully saturated rings. The summed E-state index contributed by atoms with van der Waals surface area (Å²) in [7, 11) is 0. The highest BCUT2D eigenvalue weighted by atomic mass is 16.5. The van der Waals surface area contributed by atoms with Crippen LogP contribution in [0.1, 0.15) is 22.6 Å². The Hall–Kier alpha value is -2.94. The van der Waals surface area contributed by atoms with Gasteiger partial charge in [0.2, 0.25) is 11.8 Å². The number of nitrogens with one attached hydrogen (secondary N) is 2. The minimum Gasteiger partial charge on any atom is -0.423 e. The van der Waals surface area contributed by atoms with Gasteiger partial charge < -0.3 is 9.72 Å². The van der Waals surface area contributed by atoms with Crippen molar-refractivity contribution in [2.75, 3.05) is 0 Å². The normalized spacial score (nSPS) is 20.3. The van der Waals surface area contributed by atoms with Crippen molar-refractivity contribution < 1.29 is 4.74 Å². The first-order chi connectivity index (χ1) is 10.1. The molecule has 2 N–H and O–H groups in total. The Morgan fingerprint density at radius 3 is 2.76 bits per heavy atom. The Morgan fingerprint density at radius 1 is 1.38 bits per heavy atom. The molecule has 0 spiro atoms. The minimum atomic E-state index is -0.842. The van der Waals surface area contributed by atoms with Crippen LogP contribution in [0.2, 0.25) is 0 Å². The molecule has 0 aliphatic carbocycles. The molecule has 2 heterocycles. The Bertz CT molecular complexity index is 802. The highest BCUT2D eigenvalue weighted by Crippen LogP contribution is 2.38. The highest BCUT2D eigenvalue weighted by Gasteiger charge is 2.39. The van der Waals surface area contributed by atoms with Gasteiger partial charge in [-0.2, -0.15) is 5.26 Å². The zero-order valence-corrected chi connectivity index (χ0v) is 11.3. The lowest BCUT2D eigenvalue weighted by Crippen LogP contribution is -2.35. The summed E-state index contributed by atoms with van der Waals surface area (Å²) in [6.07, 6.45) is 1.23. The molecule has 6 heteroatoms. The van der Waals surface area contributed by atoms with Crippen LogP contribution < -0.4 is 10.3 Å². The Balaban J connectivity index is 2.25. The van der Waals surface area contributed by atoms with E-state index in [1.807, 2.05) is 31.2 Å². The molecule has 1 aliphatic heterocycles. The van der Waals surface area contributed by atoms with E-state index in [1.165, 1.54) is 6.33 Å². The van der Waals surface area contributed by atoms with Gasteiger partial charge in [0.05, 0.1) is 18.0 Å². The number of benzene rings is 1. The molecule has 1 aromatic heterocycles. The van der Waals surface area contributed by atoms with Crippen LogP contribution in [0.15, 0.2) is 35.4 Å². The number of hydrogen-bond donors (Lipinski definition) is 2. The number of ether oxygens (including phenoxy) is 1. The van der Waals surface area contributed by atoms with Crippen molar-refractivity contribution in [3.63, 3.8) is 0 Å². The molecule has 1 aliphatic rings. The lowest BCUT2D eigenvalue weighted by atomic mass is 9.80. The molecule has 2 unspecified atom stereocenters. The van der Waals surface area contributed by atoms with Gasteiger partial charge in [-0.3, -0.25) is 10.2 Å². The third kappa shape index (κ3) is 2.09. The summed E-state index contributed by atoms with van der Waals surface area (Å²) in [6.45, 7) is 1.96. The zero-order valence-electron chi connectivity index (χ0n) is 11.3. The standard InChI is InChI=1S/C15H12N4O2/c1-8-2-4-9(5-3-8)11-10(6-16)13(17)21-15-12(11)14(20)18-7-19-15/h2-5,7,10-11,17H,1H3,(H,18,19,20). The third-order valence-electron chi connectivity index (χ3n) is 3.56. The number of nitrogens with zero attached hydrogens (tertiary/aromatic N) is 2. The number of aryl methyl sites for hydroxylation is 1. The second-order valence-electron chi connectivity index (χ2n) is 4.91. The molecular formula is C15H12N4O2. The van der Waals surface area contributed by atoms with Crippen LogP contribution in [0.25, 0.3) is 0 Å². The van der Waals surface area contributed by atoms with Crippen molar-refractivity contribution in [3.05, 3.63) is 57.6 Å². The molecule has 2 aromatic rings. The lowest BCUT2D eigenvalue weighted by Gasteiger charge is -2.28. The van der Waals surface area contributed by atoms with E-state index in [4.69, 9.17) is 10.1 Å². The largest absolute Gasteiger partial charge is 0.423 e. The van der Waals surface area contributed by atoms with Crippen molar-refractivity contribution in [1.82, 2.24) is 9.97 Å². The van der Waals surface area contributed by atoms with Gasteiger partial charge in [0.1, 0.15) is 5.92 Å². The number of H-pyrrole nitrogens is 1. The highest BCUT2D eigenvalue weighted by molar-refractivity contribution is 5.84. The van der Waals surface area contributed by atoms with Crippen LogP contribution in [-0.2, 0) is 0 Å². The van der Waals surface area contributed by atoms with E-state index in [-0.39, 0.29) is 17.3 Å². The van der Waals surface area contributed by atoms with Gasteiger partial charge in [-0.05, 0) is 12.5 Å². The van der Waals surface area contributed by atoms with E-state index in [1.54, 1.807) is 0 Å². The fourth-order valence-electron chi connectivity index (χ4n) is 2.50. The molecule has 0 saturated heterocycles. The van der Waals surface area contributed by atoms with E-state index in [9.17, 15) is 10.1 Å². The summed E-state index contributed by atoms with van der Waals surface area (Å²) in [4.78, 5) is 18.6. The SMILES string of the molecule is Cc1ccc(C2c3c(nc[nH]c3=O)OC(=N)C2C#N)cc1. The maximum absolute atomic E-state index is 12.1. The fourth-order valence-corrected chi connectivity index (χ4v) is 2.50. The van der Waals surface area contributed by atoms with Crippen LogP contribution in [0, 0.1) is 29.6 Å². The maximum Gasteiger partial charge on any atom is 0.258 e. The van der Waals surface area contributed by atoms with Gasteiger partial charge in [0, 0.05) is 5.92 Å². The fraction of sp³-hybridized carbons (Fsp3) is 0.200. The van der Waals surface area contributed by atoms with Crippen LogP contribution in [0.3, 0.4) is 0 Å². The number of rotatable bonds is 1. The second-order valence-corrected chi connectivity index (χ2v) is 4.91. The zero-order chi connectivity index (χ0) is 15.0. The molecule has 2 atom stereocenters. The maximum atomic E-state index is 12.1. The van der Waals surface area contributed by atoms with Gasteiger partial charge in [-0.15, -0.1) is 0 Å². The minimum absolute atomic E-state index is 0.0980. The van der Waals surface area contributed by atoms with Crippen LogP contribution in [-0.4, -0.2) is 15.9 Å². The predicted octanol–water partition coefficient (Wildman–Crippen LogP) is 1.72. The van der Waals surface area contributed by atoms with Gasteiger partial charge >= 0.3 is 0 Å². The molecule has 3 rings (SSSR count). The third-order valence-corrected chi connectivity index (χ3v) is 3.56. The first-order valence-electron chi connectivity index (χ1n) is 6.42. The quantitative estimate of drug-likeness (QED) is 0.830. The molecule has 0 saturated carbocycles. The summed E-state index contributed by atoms with van der Waals surface area (Å²) >= 11 is 0. The predicted molar refractivity (Wildman–Crippen MR) is 75.3 cm³/mol. The van der Waals surface area contributed by atoms with Gasteiger partial charge in [-0.25, -0.2) is 4.98 Å². The average Bonchev–Trinajstić information content (AvgIpc) is 2.47. The van der Waals surface area contributed by atoms with Crippen molar-refractivity contribution in [2.45, 2.75) is 12.8 Å². The van der Waals surface area contributed by atoms with Crippen LogP contribution in [0.5, 0.6) is 5.88 Å². The lowest BCUT2D eigenvalue weighted by molar-refractivity contribution is 0.429. The number of fused-ring (bicyclic) bond motifs is 1. The van der Waals surface area contributed by atoms with E-state index in [0.29, 0.717) is 5.56 Å². The Labute approximate surface area is 120 Å². The van der Waals surface area contributed by atoms with Crippen molar-refractivity contribution in [1.29, 1.82) is 10.7 Å². The number of nitriles is 1. The molecule has 0 bridgehead atoms. The molecule has 6 nitrogen and oxygen atoms in total. The molecule has 21 heavy (non-hydrogen) atoms. The molecule has 1 aromatic carbocycles. The summed E-state index contributed by atoms with van der Waals surface area (Å²) in [5.41, 5.74) is 1.82. The first-order valence-corrected chi connectivity index (χ1v) is 6.42. The number of aromatic amines is 1. The van der Waals surface area contributed by atoms with E-state index in [0.717, 1.165) is 11.1 Å². The Morgan fingerprint density at radius 2 is 2.10 bits per heavy atom. The van der Waals surface area contributed by atoms with E-state index >= 15 is 0 Å². The van der Waals surface area contributed by atoms with E-state index in [2.05, 4.69) is 16.0 Å². The smallest absolute Gasteiger partial charge is 0.258 e. The first kappa shape index (κ1) is 13.1. The van der Waals surface area contributed by atoms with Gasteiger partial charge in [-0.1, -0.05) is 29.8 Å². The average molecular weight is 280 g/mol. The number of aromatic nitrogens is 2.